The zero-order chi connectivity index (χ0) is 14.5. The van der Waals surface area contributed by atoms with Crippen molar-refractivity contribution in [2.75, 3.05) is 6.54 Å². The van der Waals surface area contributed by atoms with E-state index >= 15 is 0 Å². The molecule has 1 heterocycles. The van der Waals surface area contributed by atoms with Crippen molar-refractivity contribution < 1.29 is 8.78 Å². The second kappa shape index (κ2) is 6.95. The Balaban J connectivity index is 2.31. The molecule has 0 aliphatic carbocycles. The monoisotopic (exact) mass is 343 g/mol. The van der Waals surface area contributed by atoms with Gasteiger partial charge in [0, 0.05) is 16.6 Å². The lowest BCUT2D eigenvalue weighted by molar-refractivity contribution is 0.141. The van der Waals surface area contributed by atoms with Crippen molar-refractivity contribution in [1.29, 1.82) is 0 Å². The third kappa shape index (κ3) is 3.43. The van der Waals surface area contributed by atoms with Crippen LogP contribution in [0, 0.1) is 0 Å². The van der Waals surface area contributed by atoms with Crippen LogP contribution in [-0.2, 0) is 6.54 Å². The minimum Gasteiger partial charge on any atom is -0.313 e. The van der Waals surface area contributed by atoms with Gasteiger partial charge < -0.3 is 5.32 Å². The van der Waals surface area contributed by atoms with Crippen molar-refractivity contribution in [2.45, 2.75) is 26.3 Å². The van der Waals surface area contributed by atoms with Crippen LogP contribution in [0.3, 0.4) is 0 Å². The van der Waals surface area contributed by atoms with E-state index in [0.29, 0.717) is 17.8 Å². The molecular formula is C14H16BrF2N3. The first kappa shape index (κ1) is 15.1. The zero-order valence-corrected chi connectivity index (χ0v) is 12.7. The lowest BCUT2D eigenvalue weighted by Crippen LogP contribution is -2.15. The van der Waals surface area contributed by atoms with E-state index < -0.39 is 6.43 Å². The zero-order valence-electron chi connectivity index (χ0n) is 11.1. The summed E-state index contributed by atoms with van der Waals surface area (Å²) in [5.74, 6) is 0. The highest BCUT2D eigenvalue weighted by Crippen LogP contribution is 2.26. The summed E-state index contributed by atoms with van der Waals surface area (Å²) in [5.41, 5.74) is 1.12. The van der Waals surface area contributed by atoms with Gasteiger partial charge in [-0.05, 0) is 37.2 Å². The number of aromatic nitrogens is 2. The van der Waals surface area contributed by atoms with E-state index in [1.807, 2.05) is 6.92 Å². The largest absolute Gasteiger partial charge is 0.313 e. The molecule has 2 rings (SSSR count). The van der Waals surface area contributed by atoms with Gasteiger partial charge in [-0.1, -0.05) is 22.9 Å². The lowest BCUT2D eigenvalue weighted by atomic mass is 10.2. The Bertz CT molecular complexity index is 552. The normalized spacial score (nSPS) is 11.2. The minimum atomic E-state index is -2.56. The summed E-state index contributed by atoms with van der Waals surface area (Å²) in [4.78, 5) is 0. The van der Waals surface area contributed by atoms with Crippen molar-refractivity contribution in [3.05, 3.63) is 46.2 Å². The highest BCUT2D eigenvalue weighted by molar-refractivity contribution is 9.10. The van der Waals surface area contributed by atoms with Crippen molar-refractivity contribution in [3.63, 3.8) is 0 Å². The molecular weight excluding hydrogens is 328 g/mol. The van der Waals surface area contributed by atoms with E-state index in [1.165, 1.54) is 10.9 Å². The molecule has 0 aliphatic heterocycles. The van der Waals surface area contributed by atoms with Crippen molar-refractivity contribution in [3.8, 4) is 5.69 Å². The van der Waals surface area contributed by atoms with Crippen LogP contribution >= 0.6 is 15.9 Å². The smallest absolute Gasteiger partial charge is 0.280 e. The molecule has 0 aliphatic rings. The number of halogens is 3. The van der Waals surface area contributed by atoms with Crippen LogP contribution < -0.4 is 5.32 Å². The topological polar surface area (TPSA) is 29.9 Å². The molecule has 0 radical (unpaired) electrons. The van der Waals surface area contributed by atoms with Gasteiger partial charge in [0.2, 0.25) is 0 Å². The predicted molar refractivity (Wildman–Crippen MR) is 78.2 cm³/mol. The summed E-state index contributed by atoms with van der Waals surface area (Å²) in [6.07, 6.45) is -0.0866. The highest BCUT2D eigenvalue weighted by Gasteiger charge is 2.20. The van der Waals surface area contributed by atoms with Gasteiger partial charge in [-0.25, -0.2) is 13.5 Å². The summed E-state index contributed by atoms with van der Waals surface area (Å²) in [7, 11) is 0. The maximum Gasteiger partial charge on any atom is 0.280 e. The maximum absolute atomic E-state index is 13.3. The maximum atomic E-state index is 13.3. The number of hydrogen-bond acceptors (Lipinski definition) is 2. The van der Waals surface area contributed by atoms with Gasteiger partial charge >= 0.3 is 0 Å². The third-order valence-corrected chi connectivity index (χ3v) is 3.44. The van der Waals surface area contributed by atoms with E-state index in [1.54, 1.807) is 24.3 Å². The van der Waals surface area contributed by atoms with Gasteiger partial charge in [0.05, 0.1) is 11.9 Å². The fraction of sp³-hybridized carbons (Fsp3) is 0.357. The second-order valence-corrected chi connectivity index (χ2v) is 5.34. The Hall–Kier alpha value is -1.27. The summed E-state index contributed by atoms with van der Waals surface area (Å²) >= 11 is 3.32. The molecule has 1 N–H and O–H groups in total. The van der Waals surface area contributed by atoms with Gasteiger partial charge in [-0.2, -0.15) is 5.10 Å². The Morgan fingerprint density at radius 3 is 2.60 bits per heavy atom. The SMILES string of the molecule is CCCNCc1cnn(-c2ccc(Br)cc2)c1C(F)F. The molecule has 108 valence electrons. The van der Waals surface area contributed by atoms with Crippen LogP contribution in [0.1, 0.15) is 31.0 Å². The van der Waals surface area contributed by atoms with Gasteiger partial charge in [0.1, 0.15) is 5.69 Å². The molecule has 0 saturated heterocycles. The van der Waals surface area contributed by atoms with Crippen molar-refractivity contribution >= 4 is 15.9 Å². The molecule has 1 aromatic carbocycles. The number of benzene rings is 1. The molecule has 0 amide bonds. The summed E-state index contributed by atoms with van der Waals surface area (Å²) in [6, 6.07) is 7.13. The predicted octanol–water partition coefficient (Wildman–Crippen LogP) is 4.07. The minimum absolute atomic E-state index is 0.0454. The van der Waals surface area contributed by atoms with Crippen LogP contribution in [0.4, 0.5) is 8.78 Å². The summed E-state index contributed by atoms with van der Waals surface area (Å²) < 4.78 is 28.8. The number of nitrogens with one attached hydrogen (secondary N) is 1. The van der Waals surface area contributed by atoms with Crippen LogP contribution in [0.5, 0.6) is 0 Å². The molecule has 0 bridgehead atoms. The van der Waals surface area contributed by atoms with Gasteiger partial charge in [-0.15, -0.1) is 0 Å². The first-order chi connectivity index (χ1) is 9.63. The van der Waals surface area contributed by atoms with Crippen LogP contribution in [0.2, 0.25) is 0 Å². The second-order valence-electron chi connectivity index (χ2n) is 4.42. The standard InChI is InChI=1S/C14H16BrF2N3/c1-2-7-18-8-10-9-19-20(13(10)14(16)17)12-5-3-11(15)4-6-12/h3-6,9,14,18H,2,7-8H2,1H3. The molecule has 2 aromatic rings. The molecule has 0 fully saturated rings. The lowest BCUT2D eigenvalue weighted by Gasteiger charge is -2.09. The quantitative estimate of drug-likeness (QED) is 0.801. The molecule has 6 heteroatoms. The molecule has 0 spiro atoms. The van der Waals surface area contributed by atoms with Gasteiger partial charge in [-0.3, -0.25) is 0 Å². The van der Waals surface area contributed by atoms with E-state index in [0.717, 1.165) is 17.4 Å². The molecule has 0 atom stereocenters. The number of alkyl halides is 2. The van der Waals surface area contributed by atoms with Crippen LogP contribution in [0.25, 0.3) is 5.69 Å². The average Bonchev–Trinajstić information content (AvgIpc) is 2.84. The Morgan fingerprint density at radius 1 is 1.30 bits per heavy atom. The number of nitrogens with zero attached hydrogens (tertiary/aromatic N) is 2. The fourth-order valence-corrected chi connectivity index (χ4v) is 2.21. The summed E-state index contributed by atoms with van der Waals surface area (Å²) in [6.45, 7) is 3.24. The van der Waals surface area contributed by atoms with Crippen molar-refractivity contribution in [1.82, 2.24) is 15.1 Å². The van der Waals surface area contributed by atoms with Gasteiger partial charge in [0.15, 0.2) is 0 Å². The highest BCUT2D eigenvalue weighted by atomic mass is 79.9. The Labute approximate surface area is 125 Å². The van der Waals surface area contributed by atoms with Crippen LogP contribution in [0.15, 0.2) is 34.9 Å². The van der Waals surface area contributed by atoms with E-state index in [2.05, 4.69) is 26.3 Å². The Morgan fingerprint density at radius 2 is 2.00 bits per heavy atom. The first-order valence-electron chi connectivity index (χ1n) is 6.45. The molecule has 20 heavy (non-hydrogen) atoms. The van der Waals surface area contributed by atoms with Crippen LogP contribution in [-0.4, -0.2) is 16.3 Å². The van der Waals surface area contributed by atoms with E-state index in [-0.39, 0.29) is 5.69 Å². The van der Waals surface area contributed by atoms with Crippen molar-refractivity contribution in [2.24, 2.45) is 0 Å². The van der Waals surface area contributed by atoms with Gasteiger partial charge in [0.25, 0.3) is 6.43 Å². The summed E-state index contributed by atoms with van der Waals surface area (Å²) in [5, 5.41) is 7.22. The molecule has 3 nitrogen and oxygen atoms in total. The fourth-order valence-electron chi connectivity index (χ4n) is 1.95. The Kier molecular flexibility index (Phi) is 5.25. The number of rotatable bonds is 6. The third-order valence-electron chi connectivity index (χ3n) is 2.91. The number of hydrogen-bond donors (Lipinski definition) is 1. The van der Waals surface area contributed by atoms with E-state index in [4.69, 9.17) is 0 Å². The van der Waals surface area contributed by atoms with E-state index in [9.17, 15) is 8.78 Å². The first-order valence-corrected chi connectivity index (χ1v) is 7.24. The molecule has 0 saturated carbocycles. The average molecular weight is 344 g/mol. The molecule has 0 unspecified atom stereocenters. The molecule has 1 aromatic heterocycles.